The van der Waals surface area contributed by atoms with Crippen molar-refractivity contribution in [2.75, 3.05) is 18.0 Å². The van der Waals surface area contributed by atoms with Crippen molar-refractivity contribution < 1.29 is 4.74 Å². The number of pyridine rings is 1. The van der Waals surface area contributed by atoms with Crippen LogP contribution in [-0.4, -0.2) is 30.3 Å². The summed E-state index contributed by atoms with van der Waals surface area (Å²) in [4.78, 5) is 7.38. The van der Waals surface area contributed by atoms with Gasteiger partial charge in [-0.2, -0.15) is 0 Å². The Morgan fingerprint density at radius 2 is 1.58 bits per heavy atom. The van der Waals surface area contributed by atoms with E-state index in [4.69, 9.17) is 9.72 Å². The lowest BCUT2D eigenvalue weighted by Crippen LogP contribution is -2.46. The van der Waals surface area contributed by atoms with E-state index in [-0.39, 0.29) is 12.2 Å². The van der Waals surface area contributed by atoms with Crippen molar-refractivity contribution in [1.29, 1.82) is 0 Å². The topological polar surface area (TPSA) is 25.4 Å². The minimum absolute atomic E-state index is 0.214. The fourth-order valence-corrected chi connectivity index (χ4v) is 3.53. The maximum atomic E-state index is 5.90. The maximum Gasteiger partial charge on any atom is 0.137 e. The Labute approximate surface area is 142 Å². The molecule has 0 aliphatic carbocycles. The number of morpholine rings is 1. The lowest BCUT2D eigenvalue weighted by molar-refractivity contribution is -0.00540. The first-order chi connectivity index (χ1) is 11.7. The van der Waals surface area contributed by atoms with Crippen molar-refractivity contribution in [3.63, 3.8) is 0 Å². The predicted octanol–water partition coefficient (Wildman–Crippen LogP) is 4.52. The first kappa shape index (κ1) is 15.2. The van der Waals surface area contributed by atoms with Gasteiger partial charge in [0.25, 0.3) is 0 Å². The molecule has 1 aliphatic heterocycles. The largest absolute Gasteiger partial charge is 0.372 e. The smallest absolute Gasteiger partial charge is 0.137 e. The van der Waals surface area contributed by atoms with Crippen LogP contribution < -0.4 is 4.90 Å². The van der Waals surface area contributed by atoms with Crippen molar-refractivity contribution in [3.05, 3.63) is 60.7 Å². The maximum absolute atomic E-state index is 5.90. The zero-order chi connectivity index (χ0) is 16.5. The van der Waals surface area contributed by atoms with Crippen LogP contribution in [0, 0.1) is 0 Å². The summed E-state index contributed by atoms with van der Waals surface area (Å²) in [5.74, 6) is 1.06. The van der Waals surface area contributed by atoms with Crippen molar-refractivity contribution >= 4 is 16.7 Å². The summed E-state index contributed by atoms with van der Waals surface area (Å²) in [6, 6.07) is 21.1. The molecule has 0 spiro atoms. The van der Waals surface area contributed by atoms with Crippen LogP contribution in [0.3, 0.4) is 0 Å². The lowest BCUT2D eigenvalue weighted by Gasteiger charge is -2.37. The number of hydrogen-bond acceptors (Lipinski definition) is 3. The van der Waals surface area contributed by atoms with Crippen LogP contribution in [0.2, 0.25) is 0 Å². The highest BCUT2D eigenvalue weighted by Crippen LogP contribution is 2.33. The Morgan fingerprint density at radius 1 is 0.917 bits per heavy atom. The molecule has 24 heavy (non-hydrogen) atoms. The number of ether oxygens (including phenoxy) is 1. The Kier molecular flexibility index (Phi) is 3.95. The third-order valence-electron chi connectivity index (χ3n) is 4.51. The molecule has 122 valence electrons. The van der Waals surface area contributed by atoms with E-state index in [2.05, 4.69) is 73.3 Å². The van der Waals surface area contributed by atoms with Gasteiger partial charge in [0, 0.05) is 24.0 Å². The number of para-hydroxylation sites is 1. The van der Waals surface area contributed by atoms with Crippen LogP contribution in [0.5, 0.6) is 0 Å². The molecule has 1 saturated heterocycles. The molecular weight excluding hydrogens is 296 g/mol. The second kappa shape index (κ2) is 6.25. The summed E-state index contributed by atoms with van der Waals surface area (Å²) < 4.78 is 5.90. The SMILES string of the molecule is C[C@@H]1CN(c2nc3ccccc3cc2-c2ccccc2)C[C@H](C)O1. The number of benzene rings is 2. The number of fused-ring (bicyclic) bond motifs is 1. The van der Waals surface area contributed by atoms with Crippen LogP contribution in [0.4, 0.5) is 5.82 Å². The van der Waals surface area contributed by atoms with Gasteiger partial charge in [-0.3, -0.25) is 0 Å². The number of rotatable bonds is 2. The standard InChI is InChI=1S/C21H22N2O/c1-15-13-23(14-16(2)24-15)21-19(17-8-4-3-5-9-17)12-18-10-6-7-11-20(18)22-21/h3-12,15-16H,13-14H2,1-2H3/t15-,16+. The van der Waals surface area contributed by atoms with Gasteiger partial charge in [0.15, 0.2) is 0 Å². The number of hydrogen-bond donors (Lipinski definition) is 0. The Hall–Kier alpha value is -2.39. The highest BCUT2D eigenvalue weighted by atomic mass is 16.5. The van der Waals surface area contributed by atoms with E-state index in [0.717, 1.165) is 24.4 Å². The number of aromatic nitrogens is 1. The van der Waals surface area contributed by atoms with E-state index < -0.39 is 0 Å². The van der Waals surface area contributed by atoms with Gasteiger partial charge in [0.05, 0.1) is 17.7 Å². The zero-order valence-corrected chi connectivity index (χ0v) is 14.1. The van der Waals surface area contributed by atoms with Crippen LogP contribution >= 0.6 is 0 Å². The first-order valence-electron chi connectivity index (χ1n) is 8.56. The molecule has 0 radical (unpaired) electrons. The molecule has 1 fully saturated rings. The third-order valence-corrected chi connectivity index (χ3v) is 4.51. The highest BCUT2D eigenvalue weighted by Gasteiger charge is 2.25. The molecule has 3 heteroatoms. The van der Waals surface area contributed by atoms with E-state index >= 15 is 0 Å². The van der Waals surface area contributed by atoms with Crippen LogP contribution in [0.25, 0.3) is 22.0 Å². The Morgan fingerprint density at radius 3 is 2.33 bits per heavy atom. The average molecular weight is 318 g/mol. The molecule has 1 aliphatic rings. The van der Waals surface area contributed by atoms with Gasteiger partial charge in [-0.05, 0) is 31.5 Å². The van der Waals surface area contributed by atoms with E-state index in [9.17, 15) is 0 Å². The van der Waals surface area contributed by atoms with Crippen molar-refractivity contribution in [2.45, 2.75) is 26.1 Å². The van der Waals surface area contributed by atoms with Gasteiger partial charge < -0.3 is 9.64 Å². The molecule has 2 heterocycles. The summed E-state index contributed by atoms with van der Waals surface area (Å²) in [6.45, 7) is 6.00. The minimum Gasteiger partial charge on any atom is -0.372 e. The normalized spacial score (nSPS) is 21.2. The molecule has 0 unspecified atom stereocenters. The van der Waals surface area contributed by atoms with Gasteiger partial charge in [-0.1, -0.05) is 48.5 Å². The fourth-order valence-electron chi connectivity index (χ4n) is 3.53. The minimum atomic E-state index is 0.214. The summed E-state index contributed by atoms with van der Waals surface area (Å²) in [5, 5.41) is 1.18. The second-order valence-corrected chi connectivity index (χ2v) is 6.58. The molecule has 4 rings (SSSR count). The molecule has 0 saturated carbocycles. The molecule has 1 aromatic heterocycles. The molecule has 2 atom stereocenters. The molecule has 2 aromatic carbocycles. The van der Waals surface area contributed by atoms with Crippen LogP contribution in [0.15, 0.2) is 60.7 Å². The van der Waals surface area contributed by atoms with Crippen molar-refractivity contribution in [2.24, 2.45) is 0 Å². The zero-order valence-electron chi connectivity index (χ0n) is 14.1. The van der Waals surface area contributed by atoms with Crippen molar-refractivity contribution in [3.8, 4) is 11.1 Å². The first-order valence-corrected chi connectivity index (χ1v) is 8.56. The molecule has 3 nitrogen and oxygen atoms in total. The van der Waals surface area contributed by atoms with Gasteiger partial charge in [0.1, 0.15) is 5.82 Å². The van der Waals surface area contributed by atoms with Gasteiger partial charge in [-0.25, -0.2) is 4.98 Å². The van der Waals surface area contributed by atoms with Gasteiger partial charge >= 0.3 is 0 Å². The molecule has 3 aromatic rings. The highest BCUT2D eigenvalue weighted by molar-refractivity contribution is 5.89. The monoisotopic (exact) mass is 318 g/mol. The molecule has 0 amide bonds. The molecule has 0 bridgehead atoms. The Balaban J connectivity index is 1.88. The van der Waals surface area contributed by atoms with Crippen LogP contribution in [0.1, 0.15) is 13.8 Å². The van der Waals surface area contributed by atoms with E-state index in [1.54, 1.807) is 0 Å². The third kappa shape index (κ3) is 2.87. The van der Waals surface area contributed by atoms with Crippen LogP contribution in [-0.2, 0) is 4.74 Å². The summed E-state index contributed by atoms with van der Waals surface area (Å²) in [7, 11) is 0. The van der Waals surface area contributed by atoms with Crippen molar-refractivity contribution in [1.82, 2.24) is 4.98 Å². The van der Waals surface area contributed by atoms with E-state index in [1.165, 1.54) is 16.5 Å². The number of anilines is 1. The van der Waals surface area contributed by atoms with E-state index in [0.29, 0.717) is 0 Å². The predicted molar refractivity (Wildman–Crippen MR) is 99.4 cm³/mol. The molecular formula is C21H22N2O. The van der Waals surface area contributed by atoms with Gasteiger partial charge in [0.2, 0.25) is 0 Å². The summed E-state index contributed by atoms with van der Waals surface area (Å²) in [6.07, 6.45) is 0.427. The number of nitrogens with zero attached hydrogens (tertiary/aromatic N) is 2. The Bertz CT molecular complexity index is 837. The summed E-state index contributed by atoms with van der Waals surface area (Å²) >= 11 is 0. The lowest BCUT2D eigenvalue weighted by atomic mass is 10.0. The summed E-state index contributed by atoms with van der Waals surface area (Å²) in [5.41, 5.74) is 3.44. The average Bonchev–Trinajstić information content (AvgIpc) is 2.60. The van der Waals surface area contributed by atoms with Gasteiger partial charge in [-0.15, -0.1) is 0 Å². The second-order valence-electron chi connectivity index (χ2n) is 6.58. The quantitative estimate of drug-likeness (QED) is 0.695. The van der Waals surface area contributed by atoms with E-state index in [1.807, 2.05) is 6.07 Å². The fraction of sp³-hybridized carbons (Fsp3) is 0.286. The molecule has 0 N–H and O–H groups in total.